The third-order valence-corrected chi connectivity index (χ3v) is 7.60. The minimum atomic E-state index is 0.0334. The van der Waals surface area contributed by atoms with E-state index in [1.807, 2.05) is 54.3 Å². The molecule has 7 heteroatoms. The van der Waals surface area contributed by atoms with Crippen molar-refractivity contribution in [3.63, 3.8) is 0 Å². The minimum absolute atomic E-state index is 0.0334. The molecule has 3 aromatic rings. The zero-order valence-electron chi connectivity index (χ0n) is 22.1. The number of aromatic nitrogens is 1. The summed E-state index contributed by atoms with van der Waals surface area (Å²) in [5, 5.41) is 4.56. The van der Waals surface area contributed by atoms with E-state index in [-0.39, 0.29) is 5.91 Å². The Kier molecular flexibility index (Phi) is 8.21. The average molecular weight is 503 g/mol. The Hall–Kier alpha value is -3.16. The molecule has 3 heterocycles. The zero-order chi connectivity index (χ0) is 25.6. The first-order valence-electron chi connectivity index (χ1n) is 13.6. The highest BCUT2D eigenvalue weighted by Crippen LogP contribution is 2.35. The molecular formula is C30H38N4O3. The third kappa shape index (κ3) is 6.05. The third-order valence-electron chi connectivity index (χ3n) is 7.60. The Morgan fingerprint density at radius 1 is 1.03 bits per heavy atom. The van der Waals surface area contributed by atoms with Gasteiger partial charge in [-0.2, -0.15) is 0 Å². The Bertz CT molecular complexity index is 1160. The molecule has 0 bridgehead atoms. The summed E-state index contributed by atoms with van der Waals surface area (Å²) in [5.41, 5.74) is 4.67. The van der Waals surface area contributed by atoms with Crippen LogP contribution in [0.4, 0.5) is 5.88 Å². The monoisotopic (exact) mass is 502 g/mol. The number of carbonyl (C=O) groups is 1. The van der Waals surface area contributed by atoms with Gasteiger partial charge in [-0.25, -0.2) is 0 Å². The van der Waals surface area contributed by atoms with Crippen LogP contribution in [0.3, 0.4) is 0 Å². The summed E-state index contributed by atoms with van der Waals surface area (Å²) in [7, 11) is 0. The fourth-order valence-corrected chi connectivity index (χ4v) is 5.30. The largest absolute Gasteiger partial charge is 0.379 e. The number of hydrogen-bond donors (Lipinski definition) is 0. The van der Waals surface area contributed by atoms with E-state index in [1.54, 1.807) is 0 Å². The number of aryl methyl sites for hydroxylation is 1. The van der Waals surface area contributed by atoms with Gasteiger partial charge in [0.1, 0.15) is 5.69 Å². The van der Waals surface area contributed by atoms with Crippen LogP contribution >= 0.6 is 0 Å². The van der Waals surface area contributed by atoms with Gasteiger partial charge in [0.05, 0.1) is 25.3 Å². The quantitative estimate of drug-likeness (QED) is 0.432. The Labute approximate surface area is 220 Å². The fourth-order valence-electron chi connectivity index (χ4n) is 5.30. The van der Waals surface area contributed by atoms with Crippen LogP contribution in [-0.2, 0) is 11.3 Å². The van der Waals surface area contributed by atoms with Gasteiger partial charge in [0, 0.05) is 49.9 Å². The van der Waals surface area contributed by atoms with Crippen molar-refractivity contribution in [2.75, 3.05) is 50.8 Å². The van der Waals surface area contributed by atoms with Crippen LogP contribution in [0.5, 0.6) is 0 Å². The van der Waals surface area contributed by atoms with E-state index in [0.29, 0.717) is 24.7 Å². The molecule has 5 rings (SSSR count). The number of carbonyl (C=O) groups excluding carboxylic acids is 1. The SMILES string of the molecule is Cc1ccc(C(=O)N(CCN2CCOCC2)Cc2c(-c3ccccc3)noc2N2CCCC[C@H]2C)cc1. The normalized spacial score (nSPS) is 18.6. The second-order valence-corrected chi connectivity index (χ2v) is 10.3. The van der Waals surface area contributed by atoms with Crippen molar-refractivity contribution < 1.29 is 14.1 Å². The molecule has 2 fully saturated rings. The number of rotatable bonds is 8. The van der Waals surface area contributed by atoms with Crippen molar-refractivity contribution in [2.24, 2.45) is 0 Å². The molecule has 0 unspecified atom stereocenters. The highest BCUT2D eigenvalue weighted by Gasteiger charge is 2.30. The Morgan fingerprint density at radius 3 is 2.51 bits per heavy atom. The van der Waals surface area contributed by atoms with Crippen molar-refractivity contribution in [3.8, 4) is 11.3 Å². The highest BCUT2D eigenvalue weighted by atomic mass is 16.5. The molecule has 1 atom stereocenters. The molecule has 0 saturated carbocycles. The second-order valence-electron chi connectivity index (χ2n) is 10.3. The molecule has 0 radical (unpaired) electrons. The van der Waals surface area contributed by atoms with Crippen molar-refractivity contribution in [1.82, 2.24) is 15.0 Å². The van der Waals surface area contributed by atoms with Crippen molar-refractivity contribution in [2.45, 2.75) is 45.7 Å². The predicted octanol–water partition coefficient (Wildman–Crippen LogP) is 5.00. The molecule has 37 heavy (non-hydrogen) atoms. The van der Waals surface area contributed by atoms with E-state index in [2.05, 4.69) is 34.0 Å². The van der Waals surface area contributed by atoms with Crippen LogP contribution in [0.1, 0.15) is 47.7 Å². The predicted molar refractivity (Wildman–Crippen MR) is 146 cm³/mol. The van der Waals surface area contributed by atoms with Gasteiger partial charge in [0.25, 0.3) is 5.91 Å². The summed E-state index contributed by atoms with van der Waals surface area (Å²) in [6.07, 6.45) is 3.49. The Balaban J connectivity index is 1.49. The molecule has 2 saturated heterocycles. The van der Waals surface area contributed by atoms with Gasteiger partial charge in [-0.15, -0.1) is 0 Å². The number of hydrogen-bond acceptors (Lipinski definition) is 6. The van der Waals surface area contributed by atoms with Crippen LogP contribution in [0.15, 0.2) is 59.1 Å². The van der Waals surface area contributed by atoms with E-state index >= 15 is 0 Å². The number of nitrogens with zero attached hydrogens (tertiary/aromatic N) is 4. The first-order valence-corrected chi connectivity index (χ1v) is 13.6. The number of anilines is 1. The number of morpholine rings is 1. The topological polar surface area (TPSA) is 62.1 Å². The smallest absolute Gasteiger partial charge is 0.254 e. The van der Waals surface area contributed by atoms with Gasteiger partial charge >= 0.3 is 0 Å². The van der Waals surface area contributed by atoms with Crippen LogP contribution in [0, 0.1) is 6.92 Å². The summed E-state index contributed by atoms with van der Waals surface area (Å²) < 4.78 is 11.6. The van der Waals surface area contributed by atoms with Gasteiger partial charge in [0.15, 0.2) is 0 Å². The van der Waals surface area contributed by atoms with Gasteiger partial charge < -0.3 is 19.1 Å². The van der Waals surface area contributed by atoms with Crippen LogP contribution in [0.2, 0.25) is 0 Å². The van der Waals surface area contributed by atoms with Crippen LogP contribution in [0.25, 0.3) is 11.3 Å². The van der Waals surface area contributed by atoms with Gasteiger partial charge in [-0.1, -0.05) is 53.2 Å². The lowest BCUT2D eigenvalue weighted by molar-refractivity contribution is 0.0320. The van der Waals surface area contributed by atoms with Crippen LogP contribution in [-0.4, -0.2) is 72.8 Å². The first-order chi connectivity index (χ1) is 18.1. The molecule has 0 N–H and O–H groups in total. The maximum atomic E-state index is 13.9. The maximum absolute atomic E-state index is 13.9. The van der Waals surface area contributed by atoms with Gasteiger partial charge in [-0.3, -0.25) is 9.69 Å². The summed E-state index contributed by atoms with van der Waals surface area (Å²) >= 11 is 0. The number of piperidine rings is 1. The van der Waals surface area contributed by atoms with Crippen molar-refractivity contribution in [3.05, 3.63) is 71.3 Å². The molecule has 196 valence electrons. The average Bonchev–Trinajstić information content (AvgIpc) is 3.35. The lowest BCUT2D eigenvalue weighted by atomic mass is 10.0. The molecule has 2 aliphatic rings. The van der Waals surface area contributed by atoms with E-state index in [4.69, 9.17) is 9.26 Å². The van der Waals surface area contributed by atoms with Crippen molar-refractivity contribution >= 4 is 11.8 Å². The zero-order valence-corrected chi connectivity index (χ0v) is 22.1. The fraction of sp³-hybridized carbons (Fsp3) is 0.467. The lowest BCUT2D eigenvalue weighted by Gasteiger charge is -2.34. The van der Waals surface area contributed by atoms with Crippen molar-refractivity contribution in [1.29, 1.82) is 0 Å². The van der Waals surface area contributed by atoms with Gasteiger partial charge in [0.2, 0.25) is 5.88 Å². The highest BCUT2D eigenvalue weighted by molar-refractivity contribution is 5.94. The molecule has 2 aromatic carbocycles. The second kappa shape index (κ2) is 11.9. The van der Waals surface area contributed by atoms with Crippen LogP contribution < -0.4 is 4.90 Å². The van der Waals surface area contributed by atoms with Gasteiger partial charge in [-0.05, 0) is 45.2 Å². The summed E-state index contributed by atoms with van der Waals surface area (Å²) in [6.45, 7) is 10.4. The van der Waals surface area contributed by atoms with E-state index in [1.165, 1.54) is 6.42 Å². The van der Waals surface area contributed by atoms with E-state index < -0.39 is 0 Å². The standard InChI is InChI=1S/C30H38N4O3/c1-23-11-13-26(14-12-23)29(35)33(17-16-32-18-20-36-21-19-32)22-27-28(25-9-4-3-5-10-25)31-37-30(27)34-15-7-6-8-24(34)2/h3-5,9-14,24H,6-8,15-22H2,1-2H3/t24-/m1/s1. The van der Waals surface area contributed by atoms with E-state index in [0.717, 1.165) is 80.5 Å². The maximum Gasteiger partial charge on any atom is 0.254 e. The summed E-state index contributed by atoms with van der Waals surface area (Å²) in [6, 6.07) is 18.4. The first kappa shape index (κ1) is 25.5. The molecule has 1 aromatic heterocycles. The Morgan fingerprint density at radius 2 is 1.78 bits per heavy atom. The molecule has 1 amide bonds. The minimum Gasteiger partial charge on any atom is -0.379 e. The number of benzene rings is 2. The molecule has 2 aliphatic heterocycles. The molecule has 0 aliphatic carbocycles. The molecule has 7 nitrogen and oxygen atoms in total. The summed E-state index contributed by atoms with van der Waals surface area (Å²) in [4.78, 5) is 20.6. The molecule has 0 spiro atoms. The summed E-state index contributed by atoms with van der Waals surface area (Å²) in [5.74, 6) is 0.838. The lowest BCUT2D eigenvalue weighted by Crippen LogP contribution is -2.43. The number of ether oxygens (including phenoxy) is 1. The molecular weight excluding hydrogens is 464 g/mol. The number of amides is 1. The van der Waals surface area contributed by atoms with E-state index in [9.17, 15) is 4.79 Å².